The van der Waals surface area contributed by atoms with Crippen molar-refractivity contribution in [3.63, 3.8) is 0 Å². The Morgan fingerprint density at radius 1 is 1.15 bits per heavy atom. The van der Waals surface area contributed by atoms with Crippen LogP contribution < -0.4 is 0 Å². The highest BCUT2D eigenvalue weighted by Crippen LogP contribution is 2.39. The van der Waals surface area contributed by atoms with Gasteiger partial charge >= 0.3 is 0 Å². The topological polar surface area (TPSA) is 9.23 Å². The van der Waals surface area contributed by atoms with E-state index in [0.29, 0.717) is 5.92 Å². The minimum Gasteiger partial charge on any atom is -0.410 e. The zero-order valence-electron chi connectivity index (χ0n) is 13.5. The van der Waals surface area contributed by atoms with Gasteiger partial charge in [0, 0.05) is 5.92 Å². The Morgan fingerprint density at radius 2 is 1.70 bits per heavy atom. The molecule has 1 aromatic rings. The number of rotatable bonds is 5. The summed E-state index contributed by atoms with van der Waals surface area (Å²) in [5, 5.41) is 0.237. The van der Waals surface area contributed by atoms with E-state index in [0.717, 1.165) is 0 Å². The fraction of sp³-hybridized carbons (Fsp3) is 0.529. The van der Waals surface area contributed by atoms with Gasteiger partial charge in [-0.05, 0) is 27.8 Å². The average Bonchev–Trinajstić information content (AvgIpc) is 2.37. The lowest BCUT2D eigenvalue weighted by molar-refractivity contribution is 0.201. The van der Waals surface area contributed by atoms with E-state index in [1.165, 1.54) is 5.56 Å². The molecule has 0 radical (unpaired) electrons. The zero-order valence-corrected chi connectivity index (χ0v) is 16.6. The Morgan fingerprint density at radius 3 is 2.15 bits per heavy atom. The molecule has 1 rings (SSSR count). The maximum Gasteiger partial charge on any atom is 0.192 e. The Bertz CT molecular complexity index is 434. The molecule has 2 atom stereocenters. The molecule has 0 N–H and O–H groups in total. The van der Waals surface area contributed by atoms with Crippen molar-refractivity contribution in [3.8, 4) is 0 Å². The molecule has 0 spiro atoms. The summed E-state index contributed by atoms with van der Waals surface area (Å²) in [6, 6.07) is 10.6. The van der Waals surface area contributed by atoms with Gasteiger partial charge in [-0.15, -0.1) is 0 Å². The number of hydrogen-bond acceptors (Lipinski definition) is 1. The Labute approximate surface area is 139 Å². The van der Waals surface area contributed by atoms with Crippen molar-refractivity contribution >= 4 is 30.9 Å². The normalized spacial score (nSPS) is 16.4. The third kappa shape index (κ3) is 4.71. The Kier molecular flexibility index (Phi) is 6.47. The highest BCUT2D eigenvalue weighted by Gasteiger charge is 2.39. The van der Waals surface area contributed by atoms with Gasteiger partial charge in [-0.3, -0.25) is 0 Å². The molecule has 1 nitrogen and oxygen atoms in total. The van der Waals surface area contributed by atoms with Crippen molar-refractivity contribution in [1.82, 2.24) is 0 Å². The van der Waals surface area contributed by atoms with E-state index in [1.54, 1.807) is 0 Å². The largest absolute Gasteiger partial charge is 0.410 e. The molecule has 3 heteroatoms. The first-order valence-electron chi connectivity index (χ1n) is 7.18. The van der Waals surface area contributed by atoms with Gasteiger partial charge in [-0.2, -0.15) is 0 Å². The van der Waals surface area contributed by atoms with Crippen LogP contribution in [0.2, 0.25) is 18.1 Å². The molecule has 0 amide bonds. The summed E-state index contributed by atoms with van der Waals surface area (Å²) in [6.45, 7) is 13.8. The Hall–Kier alpha value is -0.133. The molecule has 0 heterocycles. The SMILES string of the molecule is CC(c1ccccc1)C(/C=C/I)O[Si](C)(C)C(C)(C)C. The molecule has 0 aliphatic heterocycles. The fourth-order valence-corrected chi connectivity index (χ4v) is 3.57. The summed E-state index contributed by atoms with van der Waals surface area (Å²) >= 11 is 2.28. The smallest absolute Gasteiger partial charge is 0.192 e. The Balaban J connectivity index is 2.96. The van der Waals surface area contributed by atoms with Crippen LogP contribution in [-0.4, -0.2) is 14.4 Å². The van der Waals surface area contributed by atoms with Crippen molar-refractivity contribution in [2.75, 3.05) is 0 Å². The second-order valence-corrected chi connectivity index (χ2v) is 12.3. The van der Waals surface area contributed by atoms with Crippen LogP contribution >= 0.6 is 22.6 Å². The van der Waals surface area contributed by atoms with Crippen LogP contribution in [0.25, 0.3) is 0 Å². The van der Waals surface area contributed by atoms with E-state index in [4.69, 9.17) is 4.43 Å². The second-order valence-electron chi connectivity index (χ2n) is 6.86. The zero-order chi connectivity index (χ0) is 15.4. The molecule has 0 bridgehead atoms. The highest BCUT2D eigenvalue weighted by molar-refractivity contribution is 14.1. The van der Waals surface area contributed by atoms with Crippen molar-refractivity contribution in [2.24, 2.45) is 0 Å². The van der Waals surface area contributed by atoms with E-state index in [1.807, 2.05) is 0 Å². The lowest BCUT2D eigenvalue weighted by Gasteiger charge is -2.40. The predicted octanol–water partition coefficient (Wildman–Crippen LogP) is 6.13. The molecular formula is C17H27IOSi. The highest BCUT2D eigenvalue weighted by atomic mass is 127. The van der Waals surface area contributed by atoms with Crippen LogP contribution in [0.5, 0.6) is 0 Å². The minimum atomic E-state index is -1.76. The van der Waals surface area contributed by atoms with E-state index in [2.05, 4.69) is 104 Å². The van der Waals surface area contributed by atoms with Crippen molar-refractivity contribution in [1.29, 1.82) is 0 Å². The van der Waals surface area contributed by atoms with Crippen LogP contribution in [0.1, 0.15) is 39.2 Å². The quantitative estimate of drug-likeness (QED) is 0.425. The molecular weight excluding hydrogens is 375 g/mol. The number of benzene rings is 1. The van der Waals surface area contributed by atoms with Gasteiger partial charge in [0.25, 0.3) is 0 Å². The molecule has 20 heavy (non-hydrogen) atoms. The maximum absolute atomic E-state index is 6.61. The minimum absolute atomic E-state index is 0.148. The van der Waals surface area contributed by atoms with Crippen LogP contribution in [0.4, 0.5) is 0 Å². The predicted molar refractivity (Wildman–Crippen MR) is 100 cm³/mol. The van der Waals surface area contributed by atoms with Gasteiger partial charge in [0.2, 0.25) is 0 Å². The number of hydrogen-bond donors (Lipinski definition) is 0. The van der Waals surface area contributed by atoms with Crippen molar-refractivity contribution < 1.29 is 4.43 Å². The molecule has 1 aromatic carbocycles. The first-order chi connectivity index (χ1) is 9.19. The number of halogens is 1. The molecule has 112 valence electrons. The van der Waals surface area contributed by atoms with Crippen LogP contribution in [0, 0.1) is 0 Å². The van der Waals surface area contributed by atoms with Crippen LogP contribution in [0.15, 0.2) is 40.5 Å². The molecule has 0 fully saturated rings. The molecule has 0 aromatic heterocycles. The van der Waals surface area contributed by atoms with Gasteiger partial charge in [0.15, 0.2) is 8.32 Å². The summed E-state index contributed by atoms with van der Waals surface area (Å²) in [4.78, 5) is 0. The third-order valence-corrected chi connectivity index (χ3v) is 9.21. The van der Waals surface area contributed by atoms with Gasteiger partial charge in [0.1, 0.15) is 0 Å². The summed E-state index contributed by atoms with van der Waals surface area (Å²) in [6.07, 6.45) is 2.34. The van der Waals surface area contributed by atoms with Gasteiger partial charge in [-0.25, -0.2) is 0 Å². The van der Waals surface area contributed by atoms with Crippen LogP contribution in [0.3, 0.4) is 0 Å². The standard InChI is InChI=1S/C17H27IOSi/c1-14(15-10-8-7-9-11-15)16(12-13-18)19-20(5,6)17(2,3)4/h7-14,16H,1-6H3/b13-12+. The van der Waals surface area contributed by atoms with E-state index < -0.39 is 8.32 Å². The summed E-state index contributed by atoms with van der Waals surface area (Å²) in [5.74, 6) is 0.372. The molecule has 0 saturated carbocycles. The molecule has 2 unspecified atom stereocenters. The lowest BCUT2D eigenvalue weighted by Crippen LogP contribution is -2.44. The van der Waals surface area contributed by atoms with Gasteiger partial charge in [0.05, 0.1) is 6.10 Å². The van der Waals surface area contributed by atoms with E-state index in [9.17, 15) is 0 Å². The maximum atomic E-state index is 6.61. The van der Waals surface area contributed by atoms with E-state index in [-0.39, 0.29) is 11.1 Å². The average molecular weight is 402 g/mol. The fourth-order valence-electron chi connectivity index (χ4n) is 1.84. The summed E-state index contributed by atoms with van der Waals surface area (Å²) in [5.41, 5.74) is 1.34. The van der Waals surface area contributed by atoms with Crippen LogP contribution in [-0.2, 0) is 4.43 Å². The molecule has 0 aliphatic carbocycles. The van der Waals surface area contributed by atoms with Crippen molar-refractivity contribution in [2.45, 2.75) is 57.8 Å². The first kappa shape index (κ1) is 17.9. The van der Waals surface area contributed by atoms with E-state index >= 15 is 0 Å². The van der Waals surface area contributed by atoms with Crippen molar-refractivity contribution in [3.05, 3.63) is 46.1 Å². The lowest BCUT2D eigenvalue weighted by atomic mass is 9.96. The summed E-state index contributed by atoms with van der Waals surface area (Å²) < 4.78 is 8.68. The third-order valence-electron chi connectivity index (χ3n) is 4.32. The molecule has 0 saturated heterocycles. The monoisotopic (exact) mass is 402 g/mol. The molecule has 0 aliphatic rings. The summed E-state index contributed by atoms with van der Waals surface area (Å²) in [7, 11) is -1.76. The second kappa shape index (κ2) is 7.23. The van der Waals surface area contributed by atoms with Gasteiger partial charge in [-0.1, -0.05) is 86.7 Å². The van der Waals surface area contributed by atoms with Gasteiger partial charge < -0.3 is 4.43 Å². The first-order valence-corrected chi connectivity index (χ1v) is 11.3.